The fraction of sp³-hybridized carbons (Fsp3) is 0.750. The first kappa shape index (κ1) is 32.7. The monoisotopic (exact) mass is 626 g/mol. The van der Waals surface area contributed by atoms with Crippen molar-refractivity contribution in [1.29, 1.82) is 0 Å². The number of piperidine rings is 2. The van der Waals surface area contributed by atoms with E-state index in [2.05, 4.69) is 56.0 Å². The third-order valence-electron chi connectivity index (χ3n) is 9.09. The predicted octanol–water partition coefficient (Wildman–Crippen LogP) is 4.40. The zero-order valence-electron chi connectivity index (χ0n) is 27.7. The lowest BCUT2D eigenvalue weighted by Crippen LogP contribution is -2.54. The first-order chi connectivity index (χ1) is 21.5. The Labute approximate surface area is 266 Å². The van der Waals surface area contributed by atoms with E-state index in [1.165, 1.54) is 6.33 Å². The second-order valence-electron chi connectivity index (χ2n) is 14.0. The van der Waals surface area contributed by atoms with Crippen molar-refractivity contribution in [3.63, 3.8) is 0 Å². The largest absolute Gasteiger partial charge is 0.478 e. The van der Waals surface area contributed by atoms with E-state index in [-0.39, 0.29) is 23.9 Å². The minimum absolute atomic E-state index is 0.130. The highest BCUT2D eigenvalue weighted by atomic mass is 16.6. The molecule has 5 heterocycles. The molecule has 2 amide bonds. The Bertz CT molecular complexity index is 1290. The zero-order chi connectivity index (χ0) is 32.1. The molecule has 2 aromatic heterocycles. The van der Waals surface area contributed by atoms with Gasteiger partial charge in [-0.15, -0.1) is 0 Å². The van der Waals surface area contributed by atoms with Gasteiger partial charge in [-0.3, -0.25) is 4.79 Å². The summed E-state index contributed by atoms with van der Waals surface area (Å²) in [4.78, 5) is 45.2. The molecule has 3 aliphatic heterocycles. The lowest BCUT2D eigenvalue weighted by Gasteiger charge is -2.35. The van der Waals surface area contributed by atoms with Gasteiger partial charge in [0.25, 0.3) is 0 Å². The van der Waals surface area contributed by atoms with E-state index in [9.17, 15) is 9.59 Å². The molecule has 0 spiro atoms. The molecule has 5 rings (SSSR count). The normalized spacial score (nSPS) is 22.2. The number of ether oxygens (including phenoxy) is 2. The van der Waals surface area contributed by atoms with E-state index in [4.69, 9.17) is 14.0 Å². The molecule has 0 aliphatic carbocycles. The standard InChI is InChI=1S/C32H50N8O5/c1-21(2)29-36-30(45-37-29)38-14-10-23(11-15-38)22(3)12-16-43-27-17-26(33-20-34-27)39-18-24(35-31(42)44-32(4,5)6)25(19-39)40-13-8-7-9-28(40)41/h17,20-25H,7-16,18-19H2,1-6H3,(H,35,42)/t22-,24+,25-/m1/s1. The third kappa shape index (κ3) is 8.55. The summed E-state index contributed by atoms with van der Waals surface area (Å²) in [5.74, 6) is 3.48. The molecule has 13 nitrogen and oxygen atoms in total. The lowest BCUT2D eigenvalue weighted by atomic mass is 9.84. The summed E-state index contributed by atoms with van der Waals surface area (Å²) in [6, 6.07) is 2.02. The van der Waals surface area contributed by atoms with Gasteiger partial charge in [-0.25, -0.2) is 14.8 Å². The number of hydrogen-bond donors (Lipinski definition) is 1. The molecule has 0 saturated carbocycles. The van der Waals surface area contributed by atoms with Crippen molar-refractivity contribution in [3.8, 4) is 5.88 Å². The van der Waals surface area contributed by atoms with E-state index in [0.717, 1.165) is 51.0 Å². The third-order valence-corrected chi connectivity index (χ3v) is 9.09. The first-order valence-corrected chi connectivity index (χ1v) is 16.5. The van der Waals surface area contributed by atoms with Crippen LogP contribution in [0.1, 0.15) is 91.8 Å². The van der Waals surface area contributed by atoms with Gasteiger partial charge in [0.1, 0.15) is 17.7 Å². The number of aromatic nitrogens is 4. The second kappa shape index (κ2) is 14.2. The van der Waals surface area contributed by atoms with Gasteiger partial charge in [-0.05, 0) is 64.7 Å². The Hall–Kier alpha value is -3.64. The van der Waals surface area contributed by atoms with E-state index < -0.39 is 11.7 Å². The highest BCUT2D eigenvalue weighted by molar-refractivity contribution is 5.78. The Morgan fingerprint density at radius 1 is 1.09 bits per heavy atom. The van der Waals surface area contributed by atoms with Gasteiger partial charge < -0.3 is 34.0 Å². The maximum atomic E-state index is 12.8. The van der Waals surface area contributed by atoms with Gasteiger partial charge in [0, 0.05) is 51.1 Å². The Morgan fingerprint density at radius 3 is 2.56 bits per heavy atom. The Kier molecular flexibility index (Phi) is 10.3. The number of likely N-dealkylation sites (tertiary alicyclic amines) is 1. The highest BCUT2D eigenvalue weighted by Gasteiger charge is 2.41. The molecule has 13 heteroatoms. The molecule has 0 radical (unpaired) electrons. The highest BCUT2D eigenvalue weighted by Crippen LogP contribution is 2.30. The van der Waals surface area contributed by atoms with Gasteiger partial charge in [-0.2, -0.15) is 4.98 Å². The van der Waals surface area contributed by atoms with Crippen molar-refractivity contribution in [2.24, 2.45) is 11.8 Å². The quantitative estimate of drug-likeness (QED) is 0.401. The number of carbonyl (C=O) groups excluding carboxylic acids is 2. The molecule has 45 heavy (non-hydrogen) atoms. The van der Waals surface area contributed by atoms with Crippen molar-refractivity contribution < 1.29 is 23.6 Å². The smallest absolute Gasteiger partial charge is 0.408 e. The van der Waals surface area contributed by atoms with E-state index in [0.29, 0.717) is 62.2 Å². The van der Waals surface area contributed by atoms with Crippen molar-refractivity contribution in [2.75, 3.05) is 49.1 Å². The van der Waals surface area contributed by atoms with Crippen LogP contribution in [0.3, 0.4) is 0 Å². The molecular formula is C32H50N8O5. The number of rotatable bonds is 10. The first-order valence-electron chi connectivity index (χ1n) is 16.5. The van der Waals surface area contributed by atoms with Crippen molar-refractivity contribution in [1.82, 2.24) is 30.3 Å². The fourth-order valence-corrected chi connectivity index (χ4v) is 6.48. The minimum Gasteiger partial charge on any atom is -0.478 e. The van der Waals surface area contributed by atoms with Crippen LogP contribution in [0.4, 0.5) is 16.6 Å². The summed E-state index contributed by atoms with van der Waals surface area (Å²) in [5.41, 5.74) is -0.612. The summed E-state index contributed by atoms with van der Waals surface area (Å²) in [5, 5.41) is 7.13. The summed E-state index contributed by atoms with van der Waals surface area (Å²) in [6.45, 7) is 16.1. The average Bonchev–Trinajstić information content (AvgIpc) is 3.65. The van der Waals surface area contributed by atoms with Crippen LogP contribution >= 0.6 is 0 Å². The zero-order valence-corrected chi connectivity index (χ0v) is 27.7. The molecule has 248 valence electrons. The van der Waals surface area contributed by atoms with Crippen LogP contribution in [0, 0.1) is 11.8 Å². The molecule has 3 atom stereocenters. The topological polar surface area (TPSA) is 139 Å². The van der Waals surface area contributed by atoms with E-state index in [1.807, 2.05) is 31.7 Å². The molecule has 2 aromatic rings. The maximum absolute atomic E-state index is 12.8. The van der Waals surface area contributed by atoms with Crippen molar-refractivity contribution in [3.05, 3.63) is 18.2 Å². The van der Waals surface area contributed by atoms with E-state index in [1.54, 1.807) is 0 Å². The average molecular weight is 627 g/mol. The molecule has 0 bridgehead atoms. The fourth-order valence-electron chi connectivity index (χ4n) is 6.48. The molecule has 3 fully saturated rings. The van der Waals surface area contributed by atoms with Gasteiger partial charge >= 0.3 is 12.1 Å². The van der Waals surface area contributed by atoms with Gasteiger partial charge in [-0.1, -0.05) is 25.9 Å². The number of hydrogen-bond acceptors (Lipinski definition) is 11. The van der Waals surface area contributed by atoms with Crippen molar-refractivity contribution in [2.45, 2.75) is 104 Å². The molecule has 3 saturated heterocycles. The van der Waals surface area contributed by atoms with Gasteiger partial charge in [0.2, 0.25) is 11.8 Å². The van der Waals surface area contributed by atoms with Crippen LogP contribution in [-0.4, -0.2) is 94.0 Å². The van der Waals surface area contributed by atoms with Crippen LogP contribution in [-0.2, 0) is 9.53 Å². The van der Waals surface area contributed by atoms with Crippen LogP contribution in [0.25, 0.3) is 0 Å². The van der Waals surface area contributed by atoms with Crippen LogP contribution < -0.4 is 19.9 Å². The van der Waals surface area contributed by atoms with E-state index >= 15 is 0 Å². The molecule has 0 aromatic carbocycles. The number of nitrogens with one attached hydrogen (secondary N) is 1. The Morgan fingerprint density at radius 2 is 1.87 bits per heavy atom. The van der Waals surface area contributed by atoms with Crippen LogP contribution in [0.2, 0.25) is 0 Å². The summed E-state index contributed by atoms with van der Waals surface area (Å²) in [7, 11) is 0. The number of carbonyl (C=O) groups is 2. The molecule has 0 unspecified atom stereocenters. The summed E-state index contributed by atoms with van der Waals surface area (Å²) >= 11 is 0. The van der Waals surface area contributed by atoms with Crippen LogP contribution in [0.15, 0.2) is 16.9 Å². The summed E-state index contributed by atoms with van der Waals surface area (Å²) in [6.07, 6.45) is 6.51. The minimum atomic E-state index is -0.612. The SMILES string of the molecule is CC(C)c1noc(N2CCC([C@H](C)CCOc3cc(N4C[C@H](NC(=O)OC(C)(C)C)[C@H](N5CCCCC5=O)C4)ncn3)CC2)n1. The summed E-state index contributed by atoms with van der Waals surface area (Å²) < 4.78 is 17.1. The lowest BCUT2D eigenvalue weighted by molar-refractivity contribution is -0.135. The van der Waals surface area contributed by atoms with Gasteiger partial charge in [0.15, 0.2) is 5.82 Å². The Balaban J connectivity index is 1.13. The van der Waals surface area contributed by atoms with Crippen LogP contribution in [0.5, 0.6) is 5.88 Å². The maximum Gasteiger partial charge on any atom is 0.408 e. The second-order valence-corrected chi connectivity index (χ2v) is 14.0. The van der Waals surface area contributed by atoms with Gasteiger partial charge in [0.05, 0.1) is 18.7 Å². The number of nitrogens with zero attached hydrogens (tertiary/aromatic N) is 7. The molecule has 1 N–H and O–H groups in total. The number of alkyl carbamates (subject to hydrolysis) is 1. The van der Waals surface area contributed by atoms with Crippen molar-refractivity contribution >= 4 is 23.8 Å². The number of amides is 2. The number of anilines is 2. The molecular weight excluding hydrogens is 576 g/mol. The molecule has 3 aliphatic rings. The predicted molar refractivity (Wildman–Crippen MR) is 169 cm³/mol.